The Morgan fingerprint density at radius 2 is 2.33 bits per heavy atom. The molecule has 0 aliphatic heterocycles. The van der Waals surface area contributed by atoms with Crippen molar-refractivity contribution >= 4 is 28.6 Å². The lowest BCUT2D eigenvalue weighted by Crippen LogP contribution is -2.26. The Kier molecular flexibility index (Phi) is 4.40. The quantitative estimate of drug-likeness (QED) is 0.899. The van der Waals surface area contributed by atoms with E-state index in [4.69, 9.17) is 5.73 Å². The average Bonchev–Trinajstić information content (AvgIpc) is 3.00. The van der Waals surface area contributed by atoms with Gasteiger partial charge < -0.3 is 10.6 Å². The molecule has 2 aromatic heterocycles. The molecule has 1 amide bonds. The molecule has 2 heterocycles. The molecule has 2 N–H and O–H groups in total. The number of nitrogens with zero attached hydrogens (tertiary/aromatic N) is 3. The van der Waals surface area contributed by atoms with E-state index in [1.54, 1.807) is 22.8 Å². The van der Waals surface area contributed by atoms with Gasteiger partial charge in [0.2, 0.25) is 0 Å². The molecule has 0 unspecified atom stereocenters. The Morgan fingerprint density at radius 3 is 3.00 bits per heavy atom. The monoisotopic (exact) mass is 282 g/mol. The number of carbonyl (C=O) groups is 1. The van der Waals surface area contributed by atoms with Crippen LogP contribution in [0.1, 0.15) is 21.2 Å². The van der Waals surface area contributed by atoms with Gasteiger partial charge in [-0.05, 0) is 6.54 Å². The minimum absolute atomic E-state index is 0.0810. The van der Waals surface area contributed by atoms with E-state index in [1.807, 2.05) is 5.38 Å². The van der Waals surface area contributed by atoms with Crippen molar-refractivity contribution in [1.82, 2.24) is 14.9 Å². The van der Waals surface area contributed by atoms with Crippen LogP contribution in [0.5, 0.6) is 0 Å². The highest BCUT2D eigenvalue weighted by atomic mass is 32.1. The average molecular weight is 282 g/mol. The summed E-state index contributed by atoms with van der Waals surface area (Å²) in [5.41, 5.74) is 8.60. The summed E-state index contributed by atoms with van der Waals surface area (Å²) in [6.07, 6.45) is 0.716. The van der Waals surface area contributed by atoms with E-state index < -0.39 is 0 Å². The second kappa shape index (κ2) is 6.03. The molecule has 0 aromatic carbocycles. The van der Waals surface area contributed by atoms with E-state index in [0.717, 1.165) is 10.7 Å². The predicted octanol–water partition coefficient (Wildman–Crippen LogP) is 1.37. The van der Waals surface area contributed by atoms with Crippen LogP contribution in [0.15, 0.2) is 16.3 Å². The molecule has 2 aromatic rings. The minimum atomic E-state index is -0.0810. The zero-order valence-corrected chi connectivity index (χ0v) is 11.6. The van der Waals surface area contributed by atoms with E-state index in [0.29, 0.717) is 25.2 Å². The minimum Gasteiger partial charge on any atom is -0.334 e. The van der Waals surface area contributed by atoms with Gasteiger partial charge in [0.05, 0.1) is 22.8 Å². The van der Waals surface area contributed by atoms with Gasteiger partial charge >= 0.3 is 0 Å². The van der Waals surface area contributed by atoms with E-state index >= 15 is 0 Å². The molecule has 5 nitrogen and oxygen atoms in total. The van der Waals surface area contributed by atoms with Crippen molar-refractivity contribution in [3.63, 3.8) is 0 Å². The number of hydrogen-bond donors (Lipinski definition) is 1. The second-order valence-corrected chi connectivity index (χ2v) is 5.47. The molecule has 2 rings (SSSR count). The van der Waals surface area contributed by atoms with Crippen molar-refractivity contribution in [1.29, 1.82) is 0 Å². The Morgan fingerprint density at radius 1 is 1.50 bits per heavy atom. The lowest BCUT2D eigenvalue weighted by atomic mass is 10.3. The molecule has 18 heavy (non-hydrogen) atoms. The number of aromatic nitrogens is 2. The summed E-state index contributed by atoms with van der Waals surface area (Å²) in [4.78, 5) is 22.2. The van der Waals surface area contributed by atoms with E-state index in [1.165, 1.54) is 22.7 Å². The molecule has 7 heteroatoms. The summed E-state index contributed by atoms with van der Waals surface area (Å²) >= 11 is 3.00. The van der Waals surface area contributed by atoms with Crippen molar-refractivity contribution in [3.05, 3.63) is 32.7 Å². The third-order valence-electron chi connectivity index (χ3n) is 2.36. The van der Waals surface area contributed by atoms with Gasteiger partial charge in [0, 0.05) is 24.2 Å². The SMILES string of the molecule is CN(Cc1cscn1)C(=O)c1csc(CCN)n1. The molecule has 0 saturated heterocycles. The maximum atomic E-state index is 12.1. The van der Waals surface area contributed by atoms with Crippen molar-refractivity contribution in [3.8, 4) is 0 Å². The van der Waals surface area contributed by atoms with Crippen molar-refractivity contribution < 1.29 is 4.79 Å². The van der Waals surface area contributed by atoms with Crippen molar-refractivity contribution in [2.45, 2.75) is 13.0 Å². The first-order valence-corrected chi connectivity index (χ1v) is 7.30. The summed E-state index contributed by atoms with van der Waals surface area (Å²) in [5, 5.41) is 4.62. The zero-order chi connectivity index (χ0) is 13.0. The normalized spacial score (nSPS) is 10.6. The maximum Gasteiger partial charge on any atom is 0.273 e. The van der Waals surface area contributed by atoms with Crippen molar-refractivity contribution in [2.75, 3.05) is 13.6 Å². The van der Waals surface area contributed by atoms with Crippen LogP contribution in [0.25, 0.3) is 0 Å². The van der Waals surface area contributed by atoms with Crippen LogP contribution in [0.2, 0.25) is 0 Å². The van der Waals surface area contributed by atoms with Crippen LogP contribution in [0.4, 0.5) is 0 Å². The number of amides is 1. The van der Waals surface area contributed by atoms with Crippen LogP contribution < -0.4 is 5.73 Å². The van der Waals surface area contributed by atoms with Crippen LogP contribution in [0, 0.1) is 0 Å². The topological polar surface area (TPSA) is 72.1 Å². The molecule has 0 radical (unpaired) electrons. The van der Waals surface area contributed by atoms with Gasteiger partial charge in [0.1, 0.15) is 5.69 Å². The Hall–Kier alpha value is -1.31. The van der Waals surface area contributed by atoms with E-state index in [9.17, 15) is 4.79 Å². The Labute approximate surface area is 113 Å². The van der Waals surface area contributed by atoms with Gasteiger partial charge in [-0.2, -0.15) is 0 Å². The van der Waals surface area contributed by atoms with Gasteiger partial charge in [-0.25, -0.2) is 9.97 Å². The lowest BCUT2D eigenvalue weighted by Gasteiger charge is -2.14. The summed E-state index contributed by atoms with van der Waals surface area (Å²) in [6.45, 7) is 1.06. The van der Waals surface area contributed by atoms with Gasteiger partial charge in [0.15, 0.2) is 0 Å². The summed E-state index contributed by atoms with van der Waals surface area (Å²) in [6, 6.07) is 0. The first-order chi connectivity index (χ1) is 8.70. The number of thiazole rings is 2. The molecule has 0 atom stereocenters. The number of carbonyl (C=O) groups excluding carboxylic acids is 1. The first-order valence-electron chi connectivity index (χ1n) is 5.47. The molecule has 0 aliphatic carbocycles. The first kappa shape index (κ1) is 13.1. The van der Waals surface area contributed by atoms with Crippen LogP contribution in [-0.4, -0.2) is 34.4 Å². The fourth-order valence-electron chi connectivity index (χ4n) is 1.47. The van der Waals surface area contributed by atoms with Crippen LogP contribution >= 0.6 is 22.7 Å². The van der Waals surface area contributed by atoms with Gasteiger partial charge in [-0.1, -0.05) is 0 Å². The molecule has 0 aliphatic rings. The molecule has 0 saturated carbocycles. The summed E-state index contributed by atoms with van der Waals surface area (Å²) < 4.78 is 0. The van der Waals surface area contributed by atoms with Crippen molar-refractivity contribution in [2.24, 2.45) is 5.73 Å². The highest BCUT2D eigenvalue weighted by Gasteiger charge is 2.16. The summed E-state index contributed by atoms with van der Waals surface area (Å²) in [7, 11) is 1.75. The highest BCUT2D eigenvalue weighted by molar-refractivity contribution is 7.09. The van der Waals surface area contributed by atoms with Crippen LogP contribution in [0.3, 0.4) is 0 Å². The van der Waals surface area contributed by atoms with E-state index in [2.05, 4.69) is 9.97 Å². The zero-order valence-electron chi connectivity index (χ0n) is 10.00. The number of hydrogen-bond acceptors (Lipinski definition) is 6. The Bertz CT molecular complexity index is 509. The lowest BCUT2D eigenvalue weighted by molar-refractivity contribution is 0.0778. The van der Waals surface area contributed by atoms with Gasteiger partial charge in [-0.15, -0.1) is 22.7 Å². The summed E-state index contributed by atoms with van der Waals surface area (Å²) in [5.74, 6) is -0.0810. The van der Waals surface area contributed by atoms with Crippen LogP contribution in [-0.2, 0) is 13.0 Å². The molecule has 0 fully saturated rings. The molecular formula is C11H14N4OS2. The highest BCUT2D eigenvalue weighted by Crippen LogP contribution is 2.13. The molecule has 0 bridgehead atoms. The third kappa shape index (κ3) is 3.12. The number of rotatable bonds is 5. The molecular weight excluding hydrogens is 268 g/mol. The Balaban J connectivity index is 2.01. The van der Waals surface area contributed by atoms with E-state index in [-0.39, 0.29) is 5.91 Å². The predicted molar refractivity (Wildman–Crippen MR) is 72.8 cm³/mol. The van der Waals surface area contributed by atoms with Gasteiger partial charge in [-0.3, -0.25) is 4.79 Å². The third-order valence-corrected chi connectivity index (χ3v) is 3.90. The maximum absolute atomic E-state index is 12.1. The smallest absolute Gasteiger partial charge is 0.273 e. The number of nitrogens with two attached hydrogens (primary N) is 1. The van der Waals surface area contributed by atoms with Gasteiger partial charge in [0.25, 0.3) is 5.91 Å². The molecule has 0 spiro atoms. The second-order valence-electron chi connectivity index (χ2n) is 3.81. The standard InChI is InChI=1S/C11H14N4OS2/c1-15(4-8-5-17-7-13-8)11(16)9-6-18-10(14-9)2-3-12/h5-7H,2-4,12H2,1H3. The fourth-order valence-corrected chi connectivity index (χ4v) is 2.81. The fraction of sp³-hybridized carbons (Fsp3) is 0.364. The molecule has 96 valence electrons. The largest absolute Gasteiger partial charge is 0.334 e.